The zero-order valence-corrected chi connectivity index (χ0v) is 11.5. The molecule has 0 unspecified atom stereocenters. The zero-order chi connectivity index (χ0) is 15.5. The van der Waals surface area contributed by atoms with Crippen molar-refractivity contribution in [3.05, 3.63) is 64.2 Å². The summed E-state index contributed by atoms with van der Waals surface area (Å²) in [6.07, 6.45) is 5.25. The van der Waals surface area contributed by atoms with Gasteiger partial charge in [-0.15, -0.1) is 6.42 Å². The summed E-state index contributed by atoms with van der Waals surface area (Å²) < 4.78 is 26.7. The van der Waals surface area contributed by atoms with Gasteiger partial charge in [-0.3, -0.25) is 14.8 Å². The van der Waals surface area contributed by atoms with Crippen LogP contribution in [0.5, 0.6) is 0 Å². The van der Waals surface area contributed by atoms with Crippen LogP contribution < -0.4 is 4.72 Å². The van der Waals surface area contributed by atoms with E-state index in [2.05, 4.69) is 10.6 Å². The Labute approximate surface area is 121 Å². The molecule has 106 valence electrons. The number of nitrogens with zero attached hydrogens (tertiary/aromatic N) is 1. The van der Waals surface area contributed by atoms with Gasteiger partial charge < -0.3 is 0 Å². The van der Waals surface area contributed by atoms with E-state index in [9.17, 15) is 18.5 Å². The van der Waals surface area contributed by atoms with Gasteiger partial charge in [-0.2, -0.15) is 0 Å². The van der Waals surface area contributed by atoms with Gasteiger partial charge in [0.05, 0.1) is 15.5 Å². The first-order valence-corrected chi connectivity index (χ1v) is 7.24. The SMILES string of the molecule is C#Cc1cccc(NS(=O)(=O)c2ccc([N+](=O)[O-])cc2)c1. The summed E-state index contributed by atoms with van der Waals surface area (Å²) in [5, 5.41) is 10.5. The molecule has 0 saturated heterocycles. The molecule has 0 spiro atoms. The molecular weight excluding hydrogens is 292 g/mol. The zero-order valence-electron chi connectivity index (χ0n) is 10.7. The fraction of sp³-hybridized carbons (Fsp3) is 0. The molecular formula is C14H10N2O4S. The Morgan fingerprint density at radius 2 is 1.81 bits per heavy atom. The maximum absolute atomic E-state index is 12.1. The molecule has 0 aliphatic heterocycles. The first-order valence-electron chi connectivity index (χ1n) is 5.76. The first kappa shape index (κ1) is 14.6. The van der Waals surface area contributed by atoms with E-state index in [0.29, 0.717) is 11.3 Å². The predicted molar refractivity (Wildman–Crippen MR) is 78.3 cm³/mol. The van der Waals surface area contributed by atoms with Gasteiger partial charge in [-0.1, -0.05) is 12.0 Å². The molecule has 0 radical (unpaired) electrons. The summed E-state index contributed by atoms with van der Waals surface area (Å²) in [6, 6.07) is 11.0. The monoisotopic (exact) mass is 302 g/mol. The lowest BCUT2D eigenvalue weighted by Crippen LogP contribution is -2.12. The van der Waals surface area contributed by atoms with Gasteiger partial charge in [0.1, 0.15) is 0 Å². The smallest absolute Gasteiger partial charge is 0.269 e. The van der Waals surface area contributed by atoms with Gasteiger partial charge in [0, 0.05) is 17.7 Å². The number of terminal acetylenes is 1. The highest BCUT2D eigenvalue weighted by Gasteiger charge is 2.16. The molecule has 21 heavy (non-hydrogen) atoms. The number of rotatable bonds is 4. The minimum Gasteiger partial charge on any atom is -0.280 e. The first-order chi connectivity index (χ1) is 9.92. The van der Waals surface area contributed by atoms with Gasteiger partial charge >= 0.3 is 0 Å². The van der Waals surface area contributed by atoms with E-state index in [0.717, 1.165) is 12.1 Å². The van der Waals surface area contributed by atoms with Crippen LogP contribution in [0.1, 0.15) is 5.56 Å². The molecule has 7 heteroatoms. The topological polar surface area (TPSA) is 89.3 Å². The second-order valence-electron chi connectivity index (χ2n) is 4.08. The minimum absolute atomic E-state index is 0.0702. The predicted octanol–water partition coefficient (Wildman–Crippen LogP) is 2.38. The van der Waals surface area contributed by atoms with Crippen molar-refractivity contribution < 1.29 is 13.3 Å². The normalized spacial score (nSPS) is 10.6. The van der Waals surface area contributed by atoms with E-state index in [4.69, 9.17) is 6.42 Å². The van der Waals surface area contributed by atoms with Crippen LogP contribution in [0.3, 0.4) is 0 Å². The lowest BCUT2D eigenvalue weighted by molar-refractivity contribution is -0.384. The Morgan fingerprint density at radius 3 is 2.38 bits per heavy atom. The van der Waals surface area contributed by atoms with Crippen LogP contribution in [0.4, 0.5) is 11.4 Å². The standard InChI is InChI=1S/C14H10N2O4S/c1-2-11-4-3-5-12(10-11)15-21(19,20)14-8-6-13(7-9-14)16(17)18/h1,3-10,15H. The molecule has 0 atom stereocenters. The third kappa shape index (κ3) is 3.38. The van der Waals surface area contributed by atoms with Crippen molar-refractivity contribution in [2.75, 3.05) is 4.72 Å². The van der Waals surface area contributed by atoms with E-state index in [1.54, 1.807) is 18.2 Å². The van der Waals surface area contributed by atoms with Gasteiger partial charge in [0.25, 0.3) is 15.7 Å². The van der Waals surface area contributed by atoms with E-state index in [1.165, 1.54) is 18.2 Å². The van der Waals surface area contributed by atoms with Crippen LogP contribution in [0.25, 0.3) is 0 Å². The molecule has 0 heterocycles. The van der Waals surface area contributed by atoms with Crippen molar-refractivity contribution >= 4 is 21.4 Å². The van der Waals surface area contributed by atoms with Crippen LogP contribution in [-0.2, 0) is 10.0 Å². The molecule has 1 N–H and O–H groups in total. The molecule has 0 fully saturated rings. The number of hydrogen-bond donors (Lipinski definition) is 1. The van der Waals surface area contributed by atoms with E-state index < -0.39 is 14.9 Å². The van der Waals surface area contributed by atoms with Crippen molar-refractivity contribution in [3.63, 3.8) is 0 Å². The molecule has 0 bridgehead atoms. The highest BCUT2D eigenvalue weighted by molar-refractivity contribution is 7.92. The molecule has 0 aromatic heterocycles. The van der Waals surface area contributed by atoms with Crippen molar-refractivity contribution in [2.24, 2.45) is 0 Å². The Morgan fingerprint density at radius 1 is 1.14 bits per heavy atom. The lowest BCUT2D eigenvalue weighted by Gasteiger charge is -2.08. The number of sulfonamides is 1. The molecule has 6 nitrogen and oxygen atoms in total. The van der Waals surface area contributed by atoms with Crippen LogP contribution in [0.15, 0.2) is 53.4 Å². The highest BCUT2D eigenvalue weighted by Crippen LogP contribution is 2.19. The van der Waals surface area contributed by atoms with E-state index in [-0.39, 0.29) is 10.6 Å². The third-order valence-corrected chi connectivity index (χ3v) is 4.04. The number of benzene rings is 2. The molecule has 0 aliphatic rings. The van der Waals surface area contributed by atoms with Gasteiger partial charge in [0.15, 0.2) is 0 Å². The van der Waals surface area contributed by atoms with Crippen LogP contribution in [-0.4, -0.2) is 13.3 Å². The minimum atomic E-state index is -3.82. The number of hydrogen-bond acceptors (Lipinski definition) is 4. The van der Waals surface area contributed by atoms with Crippen molar-refractivity contribution in [2.45, 2.75) is 4.90 Å². The highest BCUT2D eigenvalue weighted by atomic mass is 32.2. The van der Waals surface area contributed by atoms with Gasteiger partial charge in [0.2, 0.25) is 0 Å². The number of nitro groups is 1. The summed E-state index contributed by atoms with van der Waals surface area (Å²) in [5.41, 5.74) is 0.686. The summed E-state index contributed by atoms with van der Waals surface area (Å²) in [6.45, 7) is 0. The van der Waals surface area contributed by atoms with Crippen LogP contribution >= 0.6 is 0 Å². The number of non-ortho nitro benzene ring substituents is 1. The fourth-order valence-electron chi connectivity index (χ4n) is 1.63. The summed E-state index contributed by atoms with van der Waals surface area (Å²) >= 11 is 0. The van der Waals surface area contributed by atoms with Crippen molar-refractivity contribution in [1.29, 1.82) is 0 Å². The average Bonchev–Trinajstić information content (AvgIpc) is 2.47. The molecule has 0 aliphatic carbocycles. The quantitative estimate of drug-likeness (QED) is 0.533. The van der Waals surface area contributed by atoms with Crippen LogP contribution in [0.2, 0.25) is 0 Å². The van der Waals surface area contributed by atoms with Gasteiger partial charge in [-0.25, -0.2) is 8.42 Å². The number of anilines is 1. The summed E-state index contributed by atoms with van der Waals surface area (Å²) in [5.74, 6) is 2.40. The molecule has 2 aromatic carbocycles. The molecule has 2 aromatic rings. The second kappa shape index (κ2) is 5.64. The maximum Gasteiger partial charge on any atom is 0.269 e. The fourth-order valence-corrected chi connectivity index (χ4v) is 2.68. The summed E-state index contributed by atoms with van der Waals surface area (Å²) in [4.78, 5) is 9.88. The average molecular weight is 302 g/mol. The Balaban J connectivity index is 2.29. The lowest BCUT2D eigenvalue weighted by atomic mass is 10.2. The molecule has 2 rings (SSSR count). The van der Waals surface area contributed by atoms with Gasteiger partial charge in [-0.05, 0) is 30.3 Å². The van der Waals surface area contributed by atoms with Crippen molar-refractivity contribution in [1.82, 2.24) is 0 Å². The number of nitro benzene ring substituents is 1. The Hall–Kier alpha value is -2.85. The van der Waals surface area contributed by atoms with E-state index in [1.807, 2.05) is 0 Å². The number of nitrogens with one attached hydrogen (secondary N) is 1. The maximum atomic E-state index is 12.1. The van der Waals surface area contributed by atoms with Crippen molar-refractivity contribution in [3.8, 4) is 12.3 Å². The van der Waals surface area contributed by atoms with E-state index >= 15 is 0 Å². The summed E-state index contributed by atoms with van der Waals surface area (Å²) in [7, 11) is -3.82. The largest absolute Gasteiger partial charge is 0.280 e. The Bertz CT molecular complexity index is 821. The third-order valence-electron chi connectivity index (χ3n) is 2.64. The Kier molecular flexibility index (Phi) is 3.91. The second-order valence-corrected chi connectivity index (χ2v) is 5.76. The molecule has 0 saturated carbocycles. The molecule has 0 amide bonds. The van der Waals surface area contributed by atoms with Crippen LogP contribution in [0, 0.1) is 22.5 Å².